The van der Waals surface area contributed by atoms with Gasteiger partial charge in [0.25, 0.3) is 5.69 Å². The molecule has 1 saturated heterocycles. The molecule has 0 N–H and O–H groups in total. The number of fused-ring (bicyclic) bond motifs is 1. The third kappa shape index (κ3) is 2.86. The van der Waals surface area contributed by atoms with Crippen LogP contribution in [0.1, 0.15) is 26.2 Å². The van der Waals surface area contributed by atoms with Gasteiger partial charge in [-0.3, -0.25) is 10.1 Å². The lowest BCUT2D eigenvalue weighted by molar-refractivity contribution is -0.388. The number of sulfonamides is 1. The molecule has 0 radical (unpaired) electrons. The minimum atomic E-state index is -3.96. The highest BCUT2D eigenvalue weighted by atomic mass is 32.2. The number of hydrogen-bond donors (Lipinski definition) is 0. The van der Waals surface area contributed by atoms with Gasteiger partial charge in [-0.25, -0.2) is 8.42 Å². The largest absolute Gasteiger partial charge is 0.486 e. The van der Waals surface area contributed by atoms with Gasteiger partial charge < -0.3 is 9.47 Å². The van der Waals surface area contributed by atoms with Crippen molar-refractivity contribution in [1.82, 2.24) is 4.31 Å². The second-order valence-electron chi connectivity index (χ2n) is 5.68. The summed E-state index contributed by atoms with van der Waals surface area (Å²) >= 11 is 0. The third-order valence-corrected chi connectivity index (χ3v) is 6.19. The predicted octanol–water partition coefficient (Wildman–Crippen LogP) is 1.93. The van der Waals surface area contributed by atoms with Crippen LogP contribution in [-0.4, -0.2) is 43.4 Å². The van der Waals surface area contributed by atoms with Crippen LogP contribution in [0.5, 0.6) is 11.5 Å². The van der Waals surface area contributed by atoms with Crippen LogP contribution in [0, 0.1) is 10.1 Å². The number of piperidine rings is 1. The summed E-state index contributed by atoms with van der Waals surface area (Å²) in [7, 11) is -3.96. The Balaban J connectivity index is 2.11. The van der Waals surface area contributed by atoms with Gasteiger partial charge in [0, 0.05) is 18.7 Å². The monoisotopic (exact) mass is 342 g/mol. The summed E-state index contributed by atoms with van der Waals surface area (Å²) in [5.41, 5.74) is -0.480. The van der Waals surface area contributed by atoms with Gasteiger partial charge in [0.2, 0.25) is 10.0 Å². The number of ether oxygens (including phenoxy) is 2. The van der Waals surface area contributed by atoms with Crippen LogP contribution in [0.2, 0.25) is 0 Å². The van der Waals surface area contributed by atoms with Crippen LogP contribution >= 0.6 is 0 Å². The fourth-order valence-electron chi connectivity index (χ4n) is 2.96. The lowest BCUT2D eigenvalue weighted by atomic mass is 10.1. The van der Waals surface area contributed by atoms with Crippen molar-refractivity contribution in [3.8, 4) is 11.5 Å². The van der Waals surface area contributed by atoms with Gasteiger partial charge in [-0.05, 0) is 19.8 Å². The number of rotatable bonds is 3. The minimum Gasteiger partial charge on any atom is -0.486 e. The SMILES string of the molecule is CC1CCCCN1S(=O)(=O)c1cc2c(cc1[N+](=O)[O-])OCCO2. The Kier molecular flexibility index (Phi) is 4.15. The highest BCUT2D eigenvalue weighted by Crippen LogP contribution is 2.40. The molecule has 2 aliphatic rings. The lowest BCUT2D eigenvalue weighted by Crippen LogP contribution is -2.42. The molecule has 126 valence electrons. The second kappa shape index (κ2) is 5.97. The van der Waals surface area contributed by atoms with E-state index in [2.05, 4.69) is 0 Å². The standard InChI is InChI=1S/C14H18N2O6S/c1-10-4-2-3-5-15(10)23(19,20)14-9-13-12(21-6-7-22-13)8-11(14)16(17)18/h8-10H,2-7H2,1H3. The van der Waals surface area contributed by atoms with E-state index < -0.39 is 20.6 Å². The van der Waals surface area contributed by atoms with Gasteiger partial charge in [-0.2, -0.15) is 4.31 Å². The smallest absolute Gasteiger partial charge is 0.293 e. The molecule has 0 aliphatic carbocycles. The van der Waals surface area contributed by atoms with Crippen LogP contribution in [0.4, 0.5) is 5.69 Å². The van der Waals surface area contributed by atoms with Gasteiger partial charge in [-0.15, -0.1) is 0 Å². The van der Waals surface area contributed by atoms with E-state index in [1.54, 1.807) is 0 Å². The Morgan fingerprint density at radius 3 is 2.48 bits per heavy atom. The zero-order chi connectivity index (χ0) is 16.6. The number of hydrogen-bond acceptors (Lipinski definition) is 6. The number of benzene rings is 1. The zero-order valence-corrected chi connectivity index (χ0v) is 13.5. The first kappa shape index (κ1) is 16.0. The summed E-state index contributed by atoms with van der Waals surface area (Å²) < 4.78 is 37.9. The molecule has 9 heteroatoms. The van der Waals surface area contributed by atoms with Crippen molar-refractivity contribution in [1.29, 1.82) is 0 Å². The molecule has 1 aromatic rings. The minimum absolute atomic E-state index is 0.179. The van der Waals surface area contributed by atoms with Crippen LogP contribution in [0.15, 0.2) is 17.0 Å². The Morgan fingerprint density at radius 1 is 1.22 bits per heavy atom. The topological polar surface area (TPSA) is 99.0 Å². The maximum atomic E-state index is 12.9. The van der Waals surface area contributed by atoms with E-state index in [1.807, 2.05) is 6.92 Å². The van der Waals surface area contributed by atoms with Gasteiger partial charge in [-0.1, -0.05) is 6.42 Å². The molecule has 1 fully saturated rings. The first-order chi connectivity index (χ1) is 10.9. The van der Waals surface area contributed by atoms with Gasteiger partial charge in [0.1, 0.15) is 13.2 Å². The summed E-state index contributed by atoms with van der Waals surface area (Å²) in [6.45, 7) is 2.75. The van der Waals surface area contributed by atoms with E-state index >= 15 is 0 Å². The number of nitro groups is 1. The molecule has 1 unspecified atom stereocenters. The van der Waals surface area contributed by atoms with Crippen LogP contribution in [0.25, 0.3) is 0 Å². The molecular weight excluding hydrogens is 324 g/mol. The second-order valence-corrected chi connectivity index (χ2v) is 7.54. The zero-order valence-electron chi connectivity index (χ0n) is 12.7. The molecule has 8 nitrogen and oxygen atoms in total. The van der Waals surface area contributed by atoms with Crippen LogP contribution in [-0.2, 0) is 10.0 Å². The molecular formula is C14H18N2O6S. The highest BCUT2D eigenvalue weighted by Gasteiger charge is 2.37. The summed E-state index contributed by atoms with van der Waals surface area (Å²) in [5, 5.41) is 11.3. The van der Waals surface area contributed by atoms with Gasteiger partial charge >= 0.3 is 0 Å². The van der Waals surface area contributed by atoms with E-state index in [4.69, 9.17) is 9.47 Å². The summed E-state index contributed by atoms with van der Waals surface area (Å²) in [6.07, 6.45) is 2.45. The fraction of sp³-hybridized carbons (Fsp3) is 0.571. The van der Waals surface area contributed by atoms with Crippen LogP contribution in [0.3, 0.4) is 0 Å². The maximum Gasteiger partial charge on any atom is 0.293 e. The molecule has 3 rings (SSSR count). The fourth-order valence-corrected chi connectivity index (χ4v) is 4.82. The van der Waals surface area contributed by atoms with E-state index in [0.717, 1.165) is 25.3 Å². The third-order valence-electron chi connectivity index (χ3n) is 4.15. The molecule has 2 heterocycles. The van der Waals surface area contributed by atoms with Crippen molar-refractivity contribution in [3.05, 3.63) is 22.2 Å². The van der Waals surface area contributed by atoms with Crippen molar-refractivity contribution < 1.29 is 22.8 Å². The quantitative estimate of drug-likeness (QED) is 0.615. The average molecular weight is 342 g/mol. The Hall–Kier alpha value is -1.87. The van der Waals surface area contributed by atoms with E-state index in [-0.39, 0.29) is 35.7 Å². The molecule has 0 saturated carbocycles. The molecule has 2 aliphatic heterocycles. The van der Waals surface area contributed by atoms with E-state index in [9.17, 15) is 18.5 Å². The Morgan fingerprint density at radius 2 is 1.87 bits per heavy atom. The van der Waals surface area contributed by atoms with Gasteiger partial charge in [0.05, 0.1) is 11.0 Å². The van der Waals surface area contributed by atoms with Crippen molar-refractivity contribution >= 4 is 15.7 Å². The molecule has 0 amide bonds. The van der Waals surface area contributed by atoms with E-state index in [1.165, 1.54) is 10.4 Å². The molecule has 0 bridgehead atoms. The normalized spacial score (nSPS) is 21.9. The first-order valence-corrected chi connectivity index (χ1v) is 8.95. The van der Waals surface area contributed by atoms with Crippen molar-refractivity contribution in [3.63, 3.8) is 0 Å². The first-order valence-electron chi connectivity index (χ1n) is 7.51. The Labute approximate surface area is 134 Å². The maximum absolute atomic E-state index is 12.9. The molecule has 23 heavy (non-hydrogen) atoms. The molecule has 1 aromatic carbocycles. The highest BCUT2D eigenvalue weighted by molar-refractivity contribution is 7.89. The van der Waals surface area contributed by atoms with Gasteiger partial charge in [0.15, 0.2) is 16.4 Å². The molecule has 0 aromatic heterocycles. The van der Waals surface area contributed by atoms with E-state index in [0.29, 0.717) is 6.54 Å². The summed E-state index contributed by atoms with van der Waals surface area (Å²) in [5.74, 6) is 0.429. The van der Waals surface area contributed by atoms with Crippen LogP contribution < -0.4 is 9.47 Å². The summed E-state index contributed by atoms with van der Waals surface area (Å²) in [4.78, 5) is 10.3. The summed E-state index contributed by atoms with van der Waals surface area (Å²) in [6, 6.07) is 2.17. The average Bonchev–Trinajstić information content (AvgIpc) is 2.53. The van der Waals surface area contributed by atoms with Crippen molar-refractivity contribution in [2.45, 2.75) is 37.1 Å². The Bertz CT molecular complexity index is 733. The number of nitro benzene ring substituents is 1. The predicted molar refractivity (Wildman–Crippen MR) is 81.3 cm³/mol. The van der Waals surface area contributed by atoms with Crippen molar-refractivity contribution in [2.75, 3.05) is 19.8 Å². The molecule has 1 atom stereocenters. The number of nitrogens with zero attached hydrogens (tertiary/aromatic N) is 2. The lowest BCUT2D eigenvalue weighted by Gasteiger charge is -2.32. The molecule has 0 spiro atoms. The van der Waals surface area contributed by atoms with Crippen molar-refractivity contribution in [2.24, 2.45) is 0 Å².